The maximum Gasteiger partial charge on any atom is 0.231 e. The lowest BCUT2D eigenvalue weighted by Crippen LogP contribution is -2.35. The summed E-state index contributed by atoms with van der Waals surface area (Å²) in [5, 5.41) is 6.00. The van der Waals surface area contributed by atoms with Crippen LogP contribution in [0.1, 0.15) is 36.8 Å². The SMILES string of the molecule is Cc1ccc(NC(=O)C2CCC(C(=O)NCc3ccc4c(c3)OCO4)CC2)cc1. The number of ether oxygens (including phenoxy) is 2. The van der Waals surface area contributed by atoms with Crippen LogP contribution in [0.25, 0.3) is 0 Å². The van der Waals surface area contributed by atoms with Gasteiger partial charge in [-0.3, -0.25) is 9.59 Å². The molecule has 0 unspecified atom stereocenters. The molecule has 2 aliphatic rings. The number of aryl methyl sites for hydroxylation is 1. The van der Waals surface area contributed by atoms with Crippen LogP contribution in [0.2, 0.25) is 0 Å². The van der Waals surface area contributed by atoms with Crippen LogP contribution in [0.5, 0.6) is 11.5 Å². The van der Waals surface area contributed by atoms with Gasteiger partial charge in [0.05, 0.1) is 0 Å². The summed E-state index contributed by atoms with van der Waals surface area (Å²) < 4.78 is 10.7. The molecule has 0 aromatic heterocycles. The second kappa shape index (κ2) is 8.55. The van der Waals surface area contributed by atoms with Crippen molar-refractivity contribution in [3.05, 3.63) is 53.6 Å². The lowest BCUT2D eigenvalue weighted by Gasteiger charge is -2.27. The molecular formula is C23H26N2O4. The van der Waals surface area contributed by atoms with E-state index in [4.69, 9.17) is 9.47 Å². The predicted molar refractivity (Wildman–Crippen MR) is 110 cm³/mol. The molecule has 1 fully saturated rings. The first-order valence-electron chi connectivity index (χ1n) is 10.1. The van der Waals surface area contributed by atoms with E-state index in [1.807, 2.05) is 49.4 Å². The number of fused-ring (bicyclic) bond motifs is 1. The monoisotopic (exact) mass is 394 g/mol. The van der Waals surface area contributed by atoms with Crippen LogP contribution in [0.4, 0.5) is 5.69 Å². The zero-order valence-electron chi connectivity index (χ0n) is 16.6. The molecular weight excluding hydrogens is 368 g/mol. The number of amides is 2. The fourth-order valence-electron chi connectivity index (χ4n) is 3.88. The van der Waals surface area contributed by atoms with Crippen LogP contribution >= 0.6 is 0 Å². The summed E-state index contributed by atoms with van der Waals surface area (Å²) in [5.74, 6) is 1.49. The number of hydrogen-bond donors (Lipinski definition) is 2. The van der Waals surface area contributed by atoms with Gasteiger partial charge in [0.1, 0.15) is 0 Å². The normalized spacial score (nSPS) is 20.2. The molecule has 1 heterocycles. The van der Waals surface area contributed by atoms with E-state index in [1.165, 1.54) is 0 Å². The summed E-state index contributed by atoms with van der Waals surface area (Å²) in [5.41, 5.74) is 2.97. The average Bonchev–Trinajstić information content (AvgIpc) is 3.21. The van der Waals surface area contributed by atoms with E-state index in [0.717, 1.165) is 54.0 Å². The molecule has 152 valence electrons. The molecule has 2 amide bonds. The van der Waals surface area contributed by atoms with Gasteiger partial charge in [-0.05, 0) is 62.4 Å². The number of anilines is 1. The largest absolute Gasteiger partial charge is 0.454 e. The number of hydrogen-bond acceptors (Lipinski definition) is 4. The van der Waals surface area contributed by atoms with E-state index >= 15 is 0 Å². The molecule has 6 nitrogen and oxygen atoms in total. The topological polar surface area (TPSA) is 76.7 Å². The van der Waals surface area contributed by atoms with Crippen molar-refractivity contribution in [1.29, 1.82) is 0 Å². The standard InChI is InChI=1S/C23H26N2O4/c1-15-2-9-19(10-3-15)25-23(27)18-7-5-17(6-8-18)22(26)24-13-16-4-11-20-21(12-16)29-14-28-20/h2-4,9-12,17-18H,5-8,13-14H2,1H3,(H,24,26)(H,25,27). The Kier molecular flexibility index (Phi) is 5.69. The third kappa shape index (κ3) is 4.70. The van der Waals surface area contributed by atoms with E-state index in [0.29, 0.717) is 6.54 Å². The Labute approximate surface area is 170 Å². The summed E-state index contributed by atoms with van der Waals surface area (Å²) in [6, 6.07) is 13.5. The molecule has 0 bridgehead atoms. The molecule has 6 heteroatoms. The Morgan fingerprint density at radius 2 is 1.55 bits per heavy atom. The number of rotatable bonds is 5. The van der Waals surface area contributed by atoms with Crippen molar-refractivity contribution in [2.45, 2.75) is 39.2 Å². The number of carbonyl (C=O) groups excluding carboxylic acids is 2. The van der Waals surface area contributed by atoms with Crippen LogP contribution in [0, 0.1) is 18.8 Å². The van der Waals surface area contributed by atoms with E-state index in [9.17, 15) is 9.59 Å². The average molecular weight is 394 g/mol. The van der Waals surface area contributed by atoms with Crippen molar-refractivity contribution in [3.63, 3.8) is 0 Å². The van der Waals surface area contributed by atoms with E-state index in [1.54, 1.807) is 0 Å². The first-order chi connectivity index (χ1) is 14.1. The second-order valence-electron chi connectivity index (χ2n) is 7.81. The maximum atomic E-state index is 12.5. The molecule has 4 rings (SSSR count). The fraction of sp³-hybridized carbons (Fsp3) is 0.391. The van der Waals surface area contributed by atoms with Gasteiger partial charge in [0.25, 0.3) is 0 Å². The van der Waals surface area contributed by atoms with Gasteiger partial charge in [-0.2, -0.15) is 0 Å². The molecule has 0 radical (unpaired) electrons. The van der Waals surface area contributed by atoms with Crippen LogP contribution < -0.4 is 20.1 Å². The van der Waals surface area contributed by atoms with Gasteiger partial charge in [0.2, 0.25) is 18.6 Å². The molecule has 2 aromatic rings. The van der Waals surface area contributed by atoms with E-state index in [2.05, 4.69) is 10.6 Å². The Morgan fingerprint density at radius 3 is 2.28 bits per heavy atom. The Morgan fingerprint density at radius 1 is 0.897 bits per heavy atom. The first kappa shape index (κ1) is 19.3. The van der Waals surface area contributed by atoms with Gasteiger partial charge in [0.15, 0.2) is 11.5 Å². The summed E-state index contributed by atoms with van der Waals surface area (Å²) in [4.78, 5) is 25.0. The minimum Gasteiger partial charge on any atom is -0.454 e. The predicted octanol–water partition coefficient (Wildman–Crippen LogP) is 3.79. The first-order valence-corrected chi connectivity index (χ1v) is 10.1. The third-order valence-electron chi connectivity index (χ3n) is 5.69. The van der Waals surface area contributed by atoms with Gasteiger partial charge in [-0.25, -0.2) is 0 Å². The minimum atomic E-state index is -0.0348. The molecule has 1 aliphatic heterocycles. The van der Waals surface area contributed by atoms with E-state index < -0.39 is 0 Å². The van der Waals surface area contributed by atoms with Crippen molar-refractivity contribution in [2.75, 3.05) is 12.1 Å². The second-order valence-corrected chi connectivity index (χ2v) is 7.81. The Balaban J connectivity index is 1.23. The van der Waals surface area contributed by atoms with Gasteiger partial charge in [0, 0.05) is 24.1 Å². The number of nitrogens with one attached hydrogen (secondary N) is 2. The molecule has 1 saturated carbocycles. The third-order valence-corrected chi connectivity index (χ3v) is 5.69. The van der Waals surface area contributed by atoms with Crippen molar-refractivity contribution in [3.8, 4) is 11.5 Å². The van der Waals surface area contributed by atoms with Crippen molar-refractivity contribution in [1.82, 2.24) is 5.32 Å². The highest BCUT2D eigenvalue weighted by Crippen LogP contribution is 2.33. The van der Waals surface area contributed by atoms with Crippen LogP contribution in [-0.4, -0.2) is 18.6 Å². The molecule has 29 heavy (non-hydrogen) atoms. The molecule has 0 saturated heterocycles. The van der Waals surface area contributed by atoms with Gasteiger partial charge >= 0.3 is 0 Å². The molecule has 2 aromatic carbocycles. The minimum absolute atomic E-state index is 0.0331. The number of carbonyl (C=O) groups is 2. The van der Waals surface area contributed by atoms with Gasteiger partial charge in [-0.15, -0.1) is 0 Å². The molecule has 1 aliphatic carbocycles. The summed E-state index contributed by atoms with van der Waals surface area (Å²) in [7, 11) is 0. The lowest BCUT2D eigenvalue weighted by molar-refractivity contribution is -0.128. The fourth-order valence-corrected chi connectivity index (χ4v) is 3.88. The molecule has 2 N–H and O–H groups in total. The van der Waals surface area contributed by atoms with Crippen molar-refractivity contribution in [2.24, 2.45) is 11.8 Å². The molecule has 0 spiro atoms. The zero-order valence-corrected chi connectivity index (χ0v) is 16.6. The van der Waals surface area contributed by atoms with Crippen LogP contribution in [0.3, 0.4) is 0 Å². The highest BCUT2D eigenvalue weighted by atomic mass is 16.7. The van der Waals surface area contributed by atoms with Crippen molar-refractivity contribution < 1.29 is 19.1 Å². The van der Waals surface area contributed by atoms with E-state index in [-0.39, 0.29) is 30.4 Å². The smallest absolute Gasteiger partial charge is 0.231 e. The van der Waals surface area contributed by atoms with Gasteiger partial charge < -0.3 is 20.1 Å². The Bertz CT molecular complexity index is 886. The number of benzene rings is 2. The zero-order chi connectivity index (χ0) is 20.2. The van der Waals surface area contributed by atoms with Crippen LogP contribution in [0.15, 0.2) is 42.5 Å². The quantitative estimate of drug-likeness (QED) is 0.809. The summed E-state index contributed by atoms with van der Waals surface area (Å²) in [6.07, 6.45) is 2.94. The highest BCUT2D eigenvalue weighted by molar-refractivity contribution is 5.92. The van der Waals surface area contributed by atoms with Crippen LogP contribution in [-0.2, 0) is 16.1 Å². The molecule has 0 atom stereocenters. The Hall–Kier alpha value is -3.02. The lowest BCUT2D eigenvalue weighted by atomic mass is 9.81. The van der Waals surface area contributed by atoms with Crippen molar-refractivity contribution >= 4 is 17.5 Å². The summed E-state index contributed by atoms with van der Waals surface area (Å²) >= 11 is 0. The summed E-state index contributed by atoms with van der Waals surface area (Å²) in [6.45, 7) is 2.72. The maximum absolute atomic E-state index is 12.5. The van der Waals surface area contributed by atoms with Gasteiger partial charge in [-0.1, -0.05) is 23.8 Å². The highest BCUT2D eigenvalue weighted by Gasteiger charge is 2.30.